The molecule has 0 spiro atoms. The summed E-state index contributed by atoms with van der Waals surface area (Å²) < 4.78 is 1.72. The number of hydrogen-bond donors (Lipinski definition) is 3. The third-order valence-electron chi connectivity index (χ3n) is 5.64. The molecular formula is C21H23N7. The minimum Gasteiger partial charge on any atom is -0.382 e. The number of nitrogens with two attached hydrogens (primary N) is 2. The Morgan fingerprint density at radius 2 is 1.86 bits per heavy atom. The lowest BCUT2D eigenvalue weighted by atomic mass is 9.81. The predicted octanol–water partition coefficient (Wildman–Crippen LogP) is 3.59. The summed E-state index contributed by atoms with van der Waals surface area (Å²) in [6.07, 6.45) is 7.55. The van der Waals surface area contributed by atoms with Gasteiger partial charge in [-0.1, -0.05) is 18.2 Å². The van der Waals surface area contributed by atoms with Crippen molar-refractivity contribution in [2.45, 2.75) is 37.6 Å². The lowest BCUT2D eigenvalue weighted by Gasteiger charge is -2.28. The number of imidazole rings is 1. The van der Waals surface area contributed by atoms with Crippen LogP contribution in [0.5, 0.6) is 0 Å². The highest BCUT2D eigenvalue weighted by Gasteiger charge is 2.27. The Bertz CT molecular complexity index is 1140. The van der Waals surface area contributed by atoms with E-state index >= 15 is 0 Å². The molecule has 0 radical (unpaired) electrons. The highest BCUT2D eigenvalue weighted by molar-refractivity contribution is 5.84. The van der Waals surface area contributed by atoms with E-state index in [1.54, 1.807) is 10.7 Å². The van der Waals surface area contributed by atoms with Crippen LogP contribution < -0.4 is 16.8 Å². The fourth-order valence-corrected chi connectivity index (χ4v) is 4.18. The first-order valence-corrected chi connectivity index (χ1v) is 9.70. The van der Waals surface area contributed by atoms with Gasteiger partial charge in [0.25, 0.3) is 0 Å². The first-order valence-electron chi connectivity index (χ1n) is 9.70. The van der Waals surface area contributed by atoms with E-state index in [1.807, 2.05) is 30.5 Å². The Hall–Kier alpha value is -3.19. The second-order valence-corrected chi connectivity index (χ2v) is 7.50. The van der Waals surface area contributed by atoms with E-state index < -0.39 is 0 Å². The van der Waals surface area contributed by atoms with Crippen LogP contribution in [0.25, 0.3) is 16.6 Å². The summed E-state index contributed by atoms with van der Waals surface area (Å²) in [5.41, 5.74) is 16.1. The van der Waals surface area contributed by atoms with E-state index in [0.29, 0.717) is 11.7 Å². The van der Waals surface area contributed by atoms with E-state index in [-0.39, 0.29) is 6.04 Å². The molecule has 0 amide bonds. The number of pyridine rings is 1. The molecule has 1 aliphatic carbocycles. The molecule has 0 bridgehead atoms. The first-order chi connectivity index (χ1) is 13.7. The van der Waals surface area contributed by atoms with Crippen LogP contribution in [-0.4, -0.2) is 25.6 Å². The van der Waals surface area contributed by atoms with Crippen molar-refractivity contribution in [1.29, 1.82) is 0 Å². The topological polar surface area (TPSA) is 107 Å². The molecule has 1 fully saturated rings. The molecule has 5 N–H and O–H groups in total. The van der Waals surface area contributed by atoms with Gasteiger partial charge < -0.3 is 16.8 Å². The standard InChI is InChI=1S/C21H23N7/c22-15-8-5-14(6-9-15)18-19(21-24-11-12-28(21)27-20(18)23)26-17-10-7-13-3-1-2-4-16(13)25-17/h1-4,7,10-12,14-15H,5-6,8-9,22H2,(H2,23,27)(H,25,26)/t14-,15-. The molecule has 1 aromatic carbocycles. The van der Waals surface area contributed by atoms with Crippen molar-refractivity contribution in [1.82, 2.24) is 19.6 Å². The first kappa shape index (κ1) is 16.9. The number of anilines is 3. The highest BCUT2D eigenvalue weighted by atomic mass is 15.3. The largest absolute Gasteiger partial charge is 0.382 e. The summed E-state index contributed by atoms with van der Waals surface area (Å²) in [6, 6.07) is 12.4. The Morgan fingerprint density at radius 1 is 1.04 bits per heavy atom. The van der Waals surface area contributed by atoms with Gasteiger partial charge in [-0.2, -0.15) is 0 Å². The molecule has 142 valence electrons. The van der Waals surface area contributed by atoms with Crippen LogP contribution in [0.15, 0.2) is 48.8 Å². The van der Waals surface area contributed by atoms with Crippen molar-refractivity contribution in [2.24, 2.45) is 5.73 Å². The summed E-state index contributed by atoms with van der Waals surface area (Å²) in [6.45, 7) is 0. The van der Waals surface area contributed by atoms with Gasteiger partial charge in [-0.15, -0.1) is 5.10 Å². The molecule has 3 heterocycles. The molecule has 7 nitrogen and oxygen atoms in total. The average Bonchev–Trinajstić information content (AvgIpc) is 3.17. The zero-order chi connectivity index (χ0) is 19.1. The quantitative estimate of drug-likeness (QED) is 0.507. The Morgan fingerprint density at radius 3 is 2.71 bits per heavy atom. The van der Waals surface area contributed by atoms with E-state index in [4.69, 9.17) is 16.5 Å². The summed E-state index contributed by atoms with van der Waals surface area (Å²) in [7, 11) is 0. The maximum Gasteiger partial charge on any atom is 0.177 e. The van der Waals surface area contributed by atoms with Crippen LogP contribution in [-0.2, 0) is 0 Å². The molecule has 0 atom stereocenters. The lowest BCUT2D eigenvalue weighted by Crippen LogP contribution is -2.26. The molecule has 7 heteroatoms. The molecule has 0 unspecified atom stereocenters. The van der Waals surface area contributed by atoms with E-state index in [1.165, 1.54) is 0 Å². The van der Waals surface area contributed by atoms with Gasteiger partial charge >= 0.3 is 0 Å². The average molecular weight is 373 g/mol. The molecule has 1 aliphatic rings. The Balaban J connectivity index is 1.61. The van der Waals surface area contributed by atoms with Crippen LogP contribution in [0.1, 0.15) is 37.2 Å². The van der Waals surface area contributed by atoms with Crippen molar-refractivity contribution >= 4 is 33.9 Å². The van der Waals surface area contributed by atoms with Gasteiger partial charge in [0.15, 0.2) is 5.65 Å². The maximum absolute atomic E-state index is 6.40. The van der Waals surface area contributed by atoms with Crippen molar-refractivity contribution < 1.29 is 0 Å². The Kier molecular flexibility index (Phi) is 4.09. The molecular weight excluding hydrogens is 350 g/mol. The van der Waals surface area contributed by atoms with E-state index in [2.05, 4.69) is 27.5 Å². The maximum atomic E-state index is 6.40. The third-order valence-corrected chi connectivity index (χ3v) is 5.64. The number of nitrogens with zero attached hydrogens (tertiary/aromatic N) is 4. The number of fused-ring (bicyclic) bond motifs is 2. The summed E-state index contributed by atoms with van der Waals surface area (Å²) in [5, 5.41) is 9.13. The van der Waals surface area contributed by atoms with Gasteiger partial charge in [0.1, 0.15) is 11.6 Å². The number of nitrogens with one attached hydrogen (secondary N) is 1. The molecule has 0 saturated heterocycles. The molecule has 3 aromatic heterocycles. The van der Waals surface area contributed by atoms with Gasteiger partial charge in [0, 0.05) is 29.4 Å². The molecule has 4 aromatic rings. The number of nitrogen functional groups attached to an aromatic ring is 1. The smallest absolute Gasteiger partial charge is 0.177 e. The van der Waals surface area contributed by atoms with Crippen molar-refractivity contribution in [3.05, 3.63) is 54.4 Å². The van der Waals surface area contributed by atoms with Gasteiger partial charge in [-0.05, 0) is 49.8 Å². The number of hydrogen-bond acceptors (Lipinski definition) is 6. The lowest BCUT2D eigenvalue weighted by molar-refractivity contribution is 0.396. The minimum absolute atomic E-state index is 0.277. The zero-order valence-corrected chi connectivity index (χ0v) is 15.5. The molecule has 1 saturated carbocycles. The van der Waals surface area contributed by atoms with E-state index in [0.717, 1.165) is 59.3 Å². The SMILES string of the molecule is Nc1nn2ccnc2c(Nc2ccc3ccccc3n2)c1[C@H]1CC[C@H](N)CC1. The predicted molar refractivity (Wildman–Crippen MR) is 112 cm³/mol. The van der Waals surface area contributed by atoms with Gasteiger partial charge in [0.2, 0.25) is 0 Å². The van der Waals surface area contributed by atoms with Gasteiger partial charge in [-0.25, -0.2) is 14.5 Å². The van der Waals surface area contributed by atoms with Crippen molar-refractivity contribution in [3.8, 4) is 0 Å². The Labute approximate surface area is 162 Å². The van der Waals surface area contributed by atoms with Crippen molar-refractivity contribution in [3.63, 3.8) is 0 Å². The second kappa shape index (κ2) is 6.76. The normalized spacial score (nSPS) is 19.9. The number of rotatable bonds is 3. The number of benzene rings is 1. The van der Waals surface area contributed by atoms with Crippen molar-refractivity contribution in [2.75, 3.05) is 11.1 Å². The van der Waals surface area contributed by atoms with Crippen LogP contribution in [0, 0.1) is 0 Å². The second-order valence-electron chi connectivity index (χ2n) is 7.50. The number of para-hydroxylation sites is 1. The van der Waals surface area contributed by atoms with Crippen LogP contribution in [0.4, 0.5) is 17.3 Å². The number of aromatic nitrogens is 4. The third kappa shape index (κ3) is 2.93. The molecule has 5 rings (SSSR count). The summed E-state index contributed by atoms with van der Waals surface area (Å²) in [5.74, 6) is 1.62. The molecule has 0 aliphatic heterocycles. The van der Waals surface area contributed by atoms with Crippen LogP contribution in [0.2, 0.25) is 0 Å². The van der Waals surface area contributed by atoms with Gasteiger partial charge in [0.05, 0.1) is 11.2 Å². The van der Waals surface area contributed by atoms with Gasteiger partial charge in [-0.3, -0.25) is 0 Å². The fraction of sp³-hybridized carbons (Fsp3) is 0.286. The summed E-state index contributed by atoms with van der Waals surface area (Å²) >= 11 is 0. The minimum atomic E-state index is 0.277. The van der Waals surface area contributed by atoms with E-state index in [9.17, 15) is 0 Å². The zero-order valence-electron chi connectivity index (χ0n) is 15.5. The monoisotopic (exact) mass is 373 g/mol. The summed E-state index contributed by atoms with van der Waals surface area (Å²) in [4.78, 5) is 9.28. The van der Waals surface area contributed by atoms with Crippen LogP contribution in [0.3, 0.4) is 0 Å². The molecule has 28 heavy (non-hydrogen) atoms. The van der Waals surface area contributed by atoms with Crippen LogP contribution >= 0.6 is 0 Å². The fourth-order valence-electron chi connectivity index (χ4n) is 4.18. The highest BCUT2D eigenvalue weighted by Crippen LogP contribution is 2.41.